The first-order valence-electron chi connectivity index (χ1n) is 5.50. The van der Waals surface area contributed by atoms with Crippen molar-refractivity contribution in [1.29, 1.82) is 0 Å². The summed E-state index contributed by atoms with van der Waals surface area (Å²) in [5, 5.41) is 8.92. The summed E-state index contributed by atoms with van der Waals surface area (Å²) < 4.78 is 0. The summed E-state index contributed by atoms with van der Waals surface area (Å²) in [6, 6.07) is 0. The second-order valence-corrected chi connectivity index (χ2v) is 4.55. The van der Waals surface area contributed by atoms with Crippen LogP contribution < -0.4 is 0 Å². The third-order valence-electron chi connectivity index (χ3n) is 2.90. The lowest BCUT2D eigenvalue weighted by atomic mass is 9.98. The lowest BCUT2D eigenvalue weighted by molar-refractivity contribution is 0.236. The van der Waals surface area contributed by atoms with Crippen LogP contribution in [-0.2, 0) is 0 Å². The fraction of sp³-hybridized carbons (Fsp3) is 0.833. The summed E-state index contributed by atoms with van der Waals surface area (Å²) in [5.41, 5.74) is 1.47. The Morgan fingerprint density at radius 1 is 1.46 bits per heavy atom. The van der Waals surface area contributed by atoms with E-state index in [0.29, 0.717) is 12.5 Å². The van der Waals surface area contributed by atoms with Crippen LogP contribution >= 0.6 is 0 Å². The van der Waals surface area contributed by atoms with Gasteiger partial charge in [-0.3, -0.25) is 0 Å². The molecule has 0 aromatic rings. The van der Waals surface area contributed by atoms with E-state index in [9.17, 15) is 0 Å². The van der Waals surface area contributed by atoms with Gasteiger partial charge in [-0.25, -0.2) is 0 Å². The van der Waals surface area contributed by atoms with Crippen LogP contribution in [0.3, 0.4) is 0 Å². The van der Waals surface area contributed by atoms with Gasteiger partial charge < -0.3 is 5.11 Å². The van der Waals surface area contributed by atoms with Crippen molar-refractivity contribution in [1.82, 2.24) is 0 Å². The molecule has 0 amide bonds. The smallest absolute Gasteiger partial charge is 0.0459 e. The molecule has 1 rings (SSSR count). The zero-order valence-electron chi connectivity index (χ0n) is 8.92. The lowest BCUT2D eigenvalue weighted by Crippen LogP contribution is -2.01. The third-order valence-corrected chi connectivity index (χ3v) is 2.90. The lowest BCUT2D eigenvalue weighted by Gasteiger charge is -2.10. The molecule has 1 atom stereocenters. The average molecular weight is 182 g/mol. The molecule has 0 saturated heterocycles. The zero-order valence-corrected chi connectivity index (χ0v) is 8.92. The number of rotatable bonds is 4. The highest BCUT2D eigenvalue weighted by Gasteiger charge is 2.12. The van der Waals surface area contributed by atoms with Gasteiger partial charge in [0.1, 0.15) is 0 Å². The van der Waals surface area contributed by atoms with Gasteiger partial charge in [0, 0.05) is 6.61 Å². The van der Waals surface area contributed by atoms with Crippen LogP contribution in [0.15, 0.2) is 11.6 Å². The maximum atomic E-state index is 8.92. The maximum Gasteiger partial charge on any atom is 0.0459 e. The molecule has 1 saturated carbocycles. The van der Waals surface area contributed by atoms with Crippen molar-refractivity contribution >= 4 is 0 Å². The number of aliphatic hydroxyl groups is 1. The van der Waals surface area contributed by atoms with E-state index in [1.165, 1.54) is 31.3 Å². The van der Waals surface area contributed by atoms with Crippen molar-refractivity contribution in [3.05, 3.63) is 11.6 Å². The summed E-state index contributed by atoms with van der Waals surface area (Å²) in [4.78, 5) is 0. The standard InChI is InChI=1S/C12H22O/c1-10(7-11(2)9-13)8-12-5-3-4-6-12/h8,11-13H,3-7,9H2,1-2H3/b10-8+/t11-/m0/s1. The topological polar surface area (TPSA) is 20.2 Å². The van der Waals surface area contributed by atoms with Crippen molar-refractivity contribution in [3.8, 4) is 0 Å². The van der Waals surface area contributed by atoms with E-state index in [0.717, 1.165) is 12.3 Å². The van der Waals surface area contributed by atoms with Gasteiger partial charge in [-0.1, -0.05) is 31.4 Å². The van der Waals surface area contributed by atoms with Crippen LogP contribution in [0.2, 0.25) is 0 Å². The van der Waals surface area contributed by atoms with Gasteiger partial charge in [0.05, 0.1) is 0 Å². The van der Waals surface area contributed by atoms with E-state index >= 15 is 0 Å². The minimum absolute atomic E-state index is 0.315. The molecule has 0 aromatic carbocycles. The monoisotopic (exact) mass is 182 g/mol. The second kappa shape index (κ2) is 5.43. The Balaban J connectivity index is 2.31. The molecule has 0 unspecified atom stereocenters. The van der Waals surface area contributed by atoms with Gasteiger partial charge in [0.2, 0.25) is 0 Å². The Bertz CT molecular complexity index is 166. The van der Waals surface area contributed by atoms with E-state index in [-0.39, 0.29) is 0 Å². The first-order chi connectivity index (χ1) is 6.22. The summed E-state index contributed by atoms with van der Waals surface area (Å²) in [7, 11) is 0. The van der Waals surface area contributed by atoms with E-state index in [4.69, 9.17) is 5.11 Å². The van der Waals surface area contributed by atoms with Crippen LogP contribution in [0, 0.1) is 11.8 Å². The summed E-state index contributed by atoms with van der Waals surface area (Å²) in [6.07, 6.45) is 9.07. The largest absolute Gasteiger partial charge is 0.396 e. The number of aliphatic hydroxyl groups excluding tert-OH is 1. The fourth-order valence-corrected chi connectivity index (χ4v) is 2.21. The number of allylic oxidation sites excluding steroid dienone is 2. The van der Waals surface area contributed by atoms with Gasteiger partial charge in [0.15, 0.2) is 0 Å². The molecule has 13 heavy (non-hydrogen) atoms. The predicted octanol–water partition coefficient (Wildman–Crippen LogP) is 3.14. The number of hydrogen-bond acceptors (Lipinski definition) is 1. The van der Waals surface area contributed by atoms with Crippen molar-refractivity contribution in [2.75, 3.05) is 6.61 Å². The Kier molecular flexibility index (Phi) is 4.51. The van der Waals surface area contributed by atoms with Gasteiger partial charge in [-0.05, 0) is 38.0 Å². The highest BCUT2D eigenvalue weighted by atomic mass is 16.3. The van der Waals surface area contributed by atoms with Crippen LogP contribution in [-0.4, -0.2) is 11.7 Å². The Morgan fingerprint density at radius 2 is 2.08 bits per heavy atom. The minimum Gasteiger partial charge on any atom is -0.396 e. The molecule has 1 nitrogen and oxygen atoms in total. The summed E-state index contributed by atoms with van der Waals surface area (Å²) in [6.45, 7) is 4.62. The molecular formula is C12H22O. The molecule has 1 aliphatic rings. The van der Waals surface area contributed by atoms with Crippen LogP contribution in [0.5, 0.6) is 0 Å². The second-order valence-electron chi connectivity index (χ2n) is 4.55. The van der Waals surface area contributed by atoms with E-state index in [1.807, 2.05) is 0 Å². The van der Waals surface area contributed by atoms with Crippen molar-refractivity contribution in [3.63, 3.8) is 0 Å². The van der Waals surface area contributed by atoms with E-state index in [2.05, 4.69) is 19.9 Å². The zero-order chi connectivity index (χ0) is 9.68. The molecular weight excluding hydrogens is 160 g/mol. The Labute approximate surface area is 81.9 Å². The highest BCUT2D eigenvalue weighted by molar-refractivity contribution is 5.03. The molecule has 0 spiro atoms. The highest BCUT2D eigenvalue weighted by Crippen LogP contribution is 2.27. The maximum absolute atomic E-state index is 8.92. The van der Waals surface area contributed by atoms with Crippen molar-refractivity contribution in [2.24, 2.45) is 11.8 Å². The predicted molar refractivity (Wildman–Crippen MR) is 56.6 cm³/mol. The summed E-state index contributed by atoms with van der Waals surface area (Å²) >= 11 is 0. The van der Waals surface area contributed by atoms with Gasteiger partial charge in [-0.15, -0.1) is 0 Å². The van der Waals surface area contributed by atoms with Crippen LogP contribution in [0.4, 0.5) is 0 Å². The van der Waals surface area contributed by atoms with Gasteiger partial charge >= 0.3 is 0 Å². The molecule has 1 heteroatoms. The van der Waals surface area contributed by atoms with E-state index < -0.39 is 0 Å². The van der Waals surface area contributed by atoms with Gasteiger partial charge in [-0.2, -0.15) is 0 Å². The fourth-order valence-electron chi connectivity index (χ4n) is 2.21. The first kappa shape index (κ1) is 10.8. The molecule has 1 fully saturated rings. The molecule has 0 radical (unpaired) electrons. The van der Waals surface area contributed by atoms with Crippen LogP contribution in [0.25, 0.3) is 0 Å². The molecule has 0 heterocycles. The quantitative estimate of drug-likeness (QED) is 0.662. The molecule has 0 bridgehead atoms. The minimum atomic E-state index is 0.315. The van der Waals surface area contributed by atoms with Crippen molar-refractivity contribution in [2.45, 2.75) is 46.0 Å². The number of hydrogen-bond donors (Lipinski definition) is 1. The SMILES string of the molecule is C/C(=C\C1CCCC1)C[C@H](C)CO. The molecule has 1 N–H and O–H groups in total. The van der Waals surface area contributed by atoms with Crippen LogP contribution in [0.1, 0.15) is 46.0 Å². The summed E-state index contributed by atoms with van der Waals surface area (Å²) in [5.74, 6) is 1.27. The Morgan fingerprint density at radius 3 is 2.62 bits per heavy atom. The molecule has 0 aliphatic heterocycles. The molecule has 1 aliphatic carbocycles. The van der Waals surface area contributed by atoms with Gasteiger partial charge in [0.25, 0.3) is 0 Å². The normalized spacial score (nSPS) is 22.2. The Hall–Kier alpha value is -0.300. The molecule has 0 aromatic heterocycles. The average Bonchev–Trinajstić information content (AvgIpc) is 2.56. The first-order valence-corrected chi connectivity index (χ1v) is 5.50. The third kappa shape index (κ3) is 3.95. The van der Waals surface area contributed by atoms with Crippen molar-refractivity contribution < 1.29 is 5.11 Å². The van der Waals surface area contributed by atoms with E-state index in [1.54, 1.807) is 0 Å². The molecule has 76 valence electrons.